The third-order valence-corrected chi connectivity index (χ3v) is 4.95. The Morgan fingerprint density at radius 2 is 2.08 bits per heavy atom. The number of amides is 2. The van der Waals surface area contributed by atoms with Gasteiger partial charge in [0.25, 0.3) is 5.91 Å². The number of nitrogens with one attached hydrogen (secondary N) is 1. The van der Waals surface area contributed by atoms with E-state index in [1.807, 2.05) is 25.1 Å². The molecule has 2 N–H and O–H groups in total. The fourth-order valence-electron chi connectivity index (χ4n) is 2.59. The monoisotopic (exact) mass is 348 g/mol. The first-order valence-electron chi connectivity index (χ1n) is 8.14. The largest absolute Gasteiger partial charge is 0.508 e. The van der Waals surface area contributed by atoms with Gasteiger partial charge in [-0.15, -0.1) is 11.8 Å². The van der Waals surface area contributed by atoms with Crippen molar-refractivity contribution in [3.05, 3.63) is 41.5 Å². The summed E-state index contributed by atoms with van der Waals surface area (Å²) in [6.45, 7) is 4.30. The fraction of sp³-hybridized carbons (Fsp3) is 0.444. The van der Waals surface area contributed by atoms with Crippen molar-refractivity contribution in [3.8, 4) is 5.75 Å². The van der Waals surface area contributed by atoms with Gasteiger partial charge in [0.1, 0.15) is 11.8 Å². The fourth-order valence-corrected chi connectivity index (χ4v) is 3.74. The van der Waals surface area contributed by atoms with Gasteiger partial charge in [-0.05, 0) is 37.5 Å². The molecule has 1 aromatic carbocycles. The molecule has 1 aromatic rings. The Balaban J connectivity index is 1.87. The van der Waals surface area contributed by atoms with Gasteiger partial charge in [-0.2, -0.15) is 0 Å². The van der Waals surface area contributed by atoms with Crippen LogP contribution in [0.4, 0.5) is 0 Å². The molecule has 0 aliphatic carbocycles. The van der Waals surface area contributed by atoms with Crippen molar-refractivity contribution in [2.45, 2.75) is 32.7 Å². The van der Waals surface area contributed by atoms with Crippen LogP contribution in [0.1, 0.15) is 25.8 Å². The first-order chi connectivity index (χ1) is 11.5. The highest BCUT2D eigenvalue weighted by Gasteiger charge is 2.34. The van der Waals surface area contributed by atoms with Gasteiger partial charge in [-0.3, -0.25) is 9.59 Å². The molecule has 0 bridgehead atoms. The van der Waals surface area contributed by atoms with E-state index in [4.69, 9.17) is 0 Å². The Morgan fingerprint density at radius 3 is 2.75 bits per heavy atom. The zero-order chi connectivity index (χ0) is 17.5. The van der Waals surface area contributed by atoms with Crippen LogP contribution in [0.5, 0.6) is 5.75 Å². The highest BCUT2D eigenvalue weighted by molar-refractivity contribution is 7.99. The highest BCUT2D eigenvalue weighted by atomic mass is 32.2. The number of thioether (sulfide) groups is 1. The third kappa shape index (κ3) is 4.77. The van der Waals surface area contributed by atoms with Gasteiger partial charge in [0.15, 0.2) is 0 Å². The van der Waals surface area contributed by atoms with Crippen LogP contribution in [0.25, 0.3) is 0 Å². The van der Waals surface area contributed by atoms with Gasteiger partial charge < -0.3 is 15.3 Å². The first-order valence-corrected chi connectivity index (χ1v) is 9.29. The normalized spacial score (nSPS) is 17.8. The molecule has 1 saturated heterocycles. The quantitative estimate of drug-likeness (QED) is 0.774. The Bertz CT molecular complexity index is 613. The second-order valence-corrected chi connectivity index (χ2v) is 6.79. The van der Waals surface area contributed by atoms with Crippen LogP contribution in [0.2, 0.25) is 0 Å². The molecule has 0 saturated carbocycles. The lowest BCUT2D eigenvalue weighted by Crippen LogP contribution is -2.47. The summed E-state index contributed by atoms with van der Waals surface area (Å²) in [4.78, 5) is 26.5. The Labute approximate surface area is 147 Å². The first kappa shape index (κ1) is 18.4. The van der Waals surface area contributed by atoms with Gasteiger partial charge >= 0.3 is 0 Å². The minimum atomic E-state index is -0.400. The number of carbonyl (C=O) groups is 2. The molecule has 1 aliphatic heterocycles. The summed E-state index contributed by atoms with van der Waals surface area (Å²) in [6, 6.07) is 6.54. The molecule has 0 radical (unpaired) electrons. The van der Waals surface area contributed by atoms with E-state index in [1.54, 1.807) is 35.7 Å². The van der Waals surface area contributed by atoms with Crippen LogP contribution in [0.3, 0.4) is 0 Å². The van der Waals surface area contributed by atoms with E-state index in [0.717, 1.165) is 12.0 Å². The van der Waals surface area contributed by atoms with E-state index in [1.165, 1.54) is 0 Å². The van der Waals surface area contributed by atoms with Crippen LogP contribution in [0.15, 0.2) is 35.9 Å². The molecular weight excluding hydrogens is 324 g/mol. The van der Waals surface area contributed by atoms with Crippen LogP contribution in [0, 0.1) is 0 Å². The smallest absolute Gasteiger partial charge is 0.250 e. The summed E-state index contributed by atoms with van der Waals surface area (Å²) in [5.41, 5.74) is 1.74. The van der Waals surface area contributed by atoms with E-state index in [2.05, 4.69) is 5.32 Å². The third-order valence-electron chi connectivity index (χ3n) is 3.94. The molecule has 0 spiro atoms. The summed E-state index contributed by atoms with van der Waals surface area (Å²) in [5.74, 6) is 1.27. The molecule has 1 fully saturated rings. The van der Waals surface area contributed by atoms with E-state index in [0.29, 0.717) is 30.2 Å². The molecular formula is C18H24N2O3S. The number of benzene rings is 1. The number of hydrogen-bond acceptors (Lipinski definition) is 4. The van der Waals surface area contributed by atoms with Crippen molar-refractivity contribution < 1.29 is 14.7 Å². The SMILES string of the molecule is CC/C=C(\C)C(=O)N1CSCC1C(=O)NCCc1ccc(O)cc1. The predicted octanol–water partition coefficient (Wildman–Crippen LogP) is 2.31. The van der Waals surface area contributed by atoms with E-state index in [-0.39, 0.29) is 17.6 Å². The number of allylic oxidation sites excluding steroid dienone is 1. The number of hydrogen-bond donors (Lipinski definition) is 2. The topological polar surface area (TPSA) is 69.6 Å². The predicted molar refractivity (Wildman–Crippen MR) is 96.8 cm³/mol. The number of rotatable bonds is 6. The minimum absolute atomic E-state index is 0.0551. The summed E-state index contributed by atoms with van der Waals surface area (Å²) in [7, 11) is 0. The van der Waals surface area contributed by atoms with Gasteiger partial charge in [-0.25, -0.2) is 0 Å². The average molecular weight is 348 g/mol. The summed E-state index contributed by atoms with van der Waals surface area (Å²) in [5, 5.41) is 12.2. The lowest BCUT2D eigenvalue weighted by atomic mass is 10.1. The Morgan fingerprint density at radius 1 is 1.38 bits per heavy atom. The van der Waals surface area contributed by atoms with Crippen LogP contribution in [-0.2, 0) is 16.0 Å². The zero-order valence-corrected chi connectivity index (χ0v) is 14.9. The maximum absolute atomic E-state index is 12.4. The summed E-state index contributed by atoms with van der Waals surface area (Å²) in [6.07, 6.45) is 3.39. The van der Waals surface area contributed by atoms with E-state index < -0.39 is 6.04 Å². The molecule has 130 valence electrons. The lowest BCUT2D eigenvalue weighted by Gasteiger charge is -2.23. The number of carbonyl (C=O) groups excluding carboxylic acids is 2. The Kier molecular flexibility index (Phi) is 6.73. The number of nitrogens with zero attached hydrogens (tertiary/aromatic N) is 1. The second-order valence-electron chi connectivity index (χ2n) is 5.79. The van der Waals surface area contributed by atoms with Crippen molar-refractivity contribution in [3.63, 3.8) is 0 Å². The number of aromatic hydroxyl groups is 1. The van der Waals surface area contributed by atoms with Crippen molar-refractivity contribution in [1.82, 2.24) is 10.2 Å². The molecule has 2 rings (SSSR count). The number of phenols is 1. The standard InChI is InChI=1S/C18H24N2O3S/c1-3-4-13(2)18(23)20-12-24-11-16(20)17(22)19-10-9-14-5-7-15(21)8-6-14/h4-8,16,21H,3,9-12H2,1-2H3,(H,19,22)/b13-4+. The van der Waals surface area contributed by atoms with Crippen LogP contribution in [-0.4, -0.2) is 46.0 Å². The van der Waals surface area contributed by atoms with Crippen molar-refractivity contribution in [1.29, 1.82) is 0 Å². The molecule has 1 atom stereocenters. The van der Waals surface area contributed by atoms with Crippen LogP contribution < -0.4 is 5.32 Å². The molecule has 24 heavy (non-hydrogen) atoms. The van der Waals surface area contributed by atoms with Crippen molar-refractivity contribution in [2.24, 2.45) is 0 Å². The molecule has 2 amide bonds. The molecule has 0 aromatic heterocycles. The van der Waals surface area contributed by atoms with E-state index >= 15 is 0 Å². The zero-order valence-electron chi connectivity index (χ0n) is 14.1. The molecule has 1 heterocycles. The van der Waals surface area contributed by atoms with Gasteiger partial charge in [-0.1, -0.05) is 25.1 Å². The summed E-state index contributed by atoms with van der Waals surface area (Å²) < 4.78 is 0. The molecule has 1 unspecified atom stereocenters. The number of phenolic OH excluding ortho intramolecular Hbond substituents is 1. The van der Waals surface area contributed by atoms with Gasteiger partial charge in [0.2, 0.25) is 5.91 Å². The average Bonchev–Trinajstić information content (AvgIpc) is 3.05. The maximum atomic E-state index is 12.4. The summed E-state index contributed by atoms with van der Waals surface area (Å²) >= 11 is 1.60. The van der Waals surface area contributed by atoms with Crippen molar-refractivity contribution >= 4 is 23.6 Å². The van der Waals surface area contributed by atoms with Crippen molar-refractivity contribution in [2.75, 3.05) is 18.2 Å². The Hall–Kier alpha value is -1.95. The van der Waals surface area contributed by atoms with E-state index in [9.17, 15) is 14.7 Å². The molecule has 1 aliphatic rings. The van der Waals surface area contributed by atoms with Gasteiger partial charge in [0.05, 0.1) is 5.88 Å². The second kappa shape index (κ2) is 8.78. The highest BCUT2D eigenvalue weighted by Crippen LogP contribution is 2.23. The molecule has 5 nitrogen and oxygen atoms in total. The van der Waals surface area contributed by atoms with Crippen LogP contribution >= 0.6 is 11.8 Å². The maximum Gasteiger partial charge on any atom is 0.250 e. The lowest BCUT2D eigenvalue weighted by molar-refractivity contribution is -0.135. The minimum Gasteiger partial charge on any atom is -0.508 e. The molecule has 6 heteroatoms. The van der Waals surface area contributed by atoms with Gasteiger partial charge in [0, 0.05) is 17.9 Å².